The van der Waals surface area contributed by atoms with Crippen LogP contribution in [0.25, 0.3) is 0 Å². The van der Waals surface area contributed by atoms with E-state index in [9.17, 15) is 4.79 Å². The molecule has 0 unspecified atom stereocenters. The number of para-hydroxylation sites is 1. The number of nitrogens with two attached hydrogens (primary N) is 1. The number of carbonyl (C=O) groups excluding carboxylic acids is 1. The lowest BCUT2D eigenvalue weighted by Crippen LogP contribution is -2.24. The Morgan fingerprint density at radius 3 is 2.45 bits per heavy atom. The van der Waals surface area contributed by atoms with E-state index in [2.05, 4.69) is 5.32 Å². The second-order valence-corrected chi connectivity index (χ2v) is 4.69. The Morgan fingerprint density at radius 2 is 1.80 bits per heavy atom. The van der Waals surface area contributed by atoms with Crippen molar-refractivity contribution in [2.75, 3.05) is 5.73 Å². The molecule has 0 saturated heterocycles. The molecule has 4 nitrogen and oxygen atoms in total. The molecule has 2 aromatic rings. The van der Waals surface area contributed by atoms with Gasteiger partial charge in [-0.1, -0.05) is 36.4 Å². The van der Waals surface area contributed by atoms with Gasteiger partial charge < -0.3 is 16.2 Å². The molecular weight excluding hydrogens is 252 g/mol. The number of aryl methyl sites for hydroxylation is 1. The summed E-state index contributed by atoms with van der Waals surface area (Å²) in [4.78, 5) is 12.1. The van der Waals surface area contributed by atoms with Crippen molar-refractivity contribution < 1.29 is 9.90 Å². The van der Waals surface area contributed by atoms with Gasteiger partial charge in [0.15, 0.2) is 0 Å². The van der Waals surface area contributed by atoms with Crippen LogP contribution in [0.1, 0.15) is 27.0 Å². The Morgan fingerprint density at radius 1 is 1.15 bits per heavy atom. The standard InChI is InChI=1S/C16H18N2O2/c1-11-3-2-4-14(15(11)17)16(20)18-9-12-5-7-13(10-19)8-6-12/h2-8,19H,9-10,17H2,1H3,(H,18,20). The van der Waals surface area contributed by atoms with E-state index in [4.69, 9.17) is 10.8 Å². The lowest BCUT2D eigenvalue weighted by Gasteiger charge is -2.09. The summed E-state index contributed by atoms with van der Waals surface area (Å²) >= 11 is 0. The molecule has 0 fully saturated rings. The van der Waals surface area contributed by atoms with Gasteiger partial charge in [-0.3, -0.25) is 4.79 Å². The third kappa shape index (κ3) is 3.16. The van der Waals surface area contributed by atoms with Gasteiger partial charge in [0.2, 0.25) is 0 Å². The van der Waals surface area contributed by atoms with Crippen LogP contribution in [-0.4, -0.2) is 11.0 Å². The number of aliphatic hydroxyl groups excluding tert-OH is 1. The maximum Gasteiger partial charge on any atom is 0.253 e. The first-order valence-corrected chi connectivity index (χ1v) is 6.44. The Balaban J connectivity index is 2.02. The molecule has 4 heteroatoms. The van der Waals surface area contributed by atoms with E-state index in [1.54, 1.807) is 6.07 Å². The van der Waals surface area contributed by atoms with Crippen molar-refractivity contribution in [3.8, 4) is 0 Å². The van der Waals surface area contributed by atoms with Crippen LogP contribution < -0.4 is 11.1 Å². The number of hydrogen-bond donors (Lipinski definition) is 3. The molecule has 0 bridgehead atoms. The van der Waals surface area contributed by atoms with Crippen molar-refractivity contribution in [2.24, 2.45) is 0 Å². The zero-order valence-electron chi connectivity index (χ0n) is 11.4. The van der Waals surface area contributed by atoms with Crippen LogP contribution in [0, 0.1) is 6.92 Å². The fourth-order valence-electron chi connectivity index (χ4n) is 1.92. The van der Waals surface area contributed by atoms with Crippen molar-refractivity contribution in [3.63, 3.8) is 0 Å². The van der Waals surface area contributed by atoms with Crippen LogP contribution in [0.15, 0.2) is 42.5 Å². The molecule has 2 aromatic carbocycles. The monoisotopic (exact) mass is 270 g/mol. The minimum atomic E-state index is -0.183. The van der Waals surface area contributed by atoms with Gasteiger partial charge in [-0.2, -0.15) is 0 Å². The minimum Gasteiger partial charge on any atom is -0.398 e. The van der Waals surface area contributed by atoms with Crippen LogP contribution in [-0.2, 0) is 13.2 Å². The molecule has 0 radical (unpaired) electrons. The van der Waals surface area contributed by atoms with E-state index in [0.717, 1.165) is 16.7 Å². The predicted molar refractivity (Wildman–Crippen MR) is 79.1 cm³/mol. The number of nitrogen functional groups attached to an aromatic ring is 1. The summed E-state index contributed by atoms with van der Waals surface area (Å²) < 4.78 is 0. The highest BCUT2D eigenvalue weighted by atomic mass is 16.3. The molecule has 0 atom stereocenters. The minimum absolute atomic E-state index is 0.0203. The van der Waals surface area contributed by atoms with E-state index in [-0.39, 0.29) is 12.5 Å². The molecule has 0 aliphatic rings. The van der Waals surface area contributed by atoms with Gasteiger partial charge in [-0.25, -0.2) is 0 Å². The third-order valence-electron chi connectivity index (χ3n) is 3.23. The smallest absolute Gasteiger partial charge is 0.253 e. The van der Waals surface area contributed by atoms with Gasteiger partial charge in [-0.15, -0.1) is 0 Å². The van der Waals surface area contributed by atoms with Gasteiger partial charge in [-0.05, 0) is 29.7 Å². The summed E-state index contributed by atoms with van der Waals surface area (Å²) in [6.07, 6.45) is 0. The average Bonchev–Trinajstić information content (AvgIpc) is 2.48. The SMILES string of the molecule is Cc1cccc(C(=O)NCc2ccc(CO)cc2)c1N. The number of rotatable bonds is 4. The number of benzene rings is 2. The molecule has 0 saturated carbocycles. The molecule has 0 aromatic heterocycles. The number of anilines is 1. The summed E-state index contributed by atoms with van der Waals surface area (Å²) in [7, 11) is 0. The zero-order valence-corrected chi connectivity index (χ0v) is 11.4. The largest absolute Gasteiger partial charge is 0.398 e. The Kier molecular flexibility index (Phi) is 4.38. The molecule has 0 spiro atoms. The van der Waals surface area contributed by atoms with Crippen LogP contribution in [0.2, 0.25) is 0 Å². The van der Waals surface area contributed by atoms with Crippen molar-refractivity contribution in [3.05, 3.63) is 64.7 Å². The molecule has 0 aliphatic carbocycles. The highest BCUT2D eigenvalue weighted by Gasteiger charge is 2.10. The van der Waals surface area contributed by atoms with Crippen molar-refractivity contribution in [2.45, 2.75) is 20.1 Å². The Hall–Kier alpha value is -2.33. The second-order valence-electron chi connectivity index (χ2n) is 4.69. The van der Waals surface area contributed by atoms with E-state index in [1.807, 2.05) is 43.3 Å². The van der Waals surface area contributed by atoms with Gasteiger partial charge in [0.1, 0.15) is 0 Å². The molecular formula is C16H18N2O2. The topological polar surface area (TPSA) is 75.3 Å². The number of nitrogens with one attached hydrogen (secondary N) is 1. The summed E-state index contributed by atoms with van der Waals surface area (Å²) in [5.41, 5.74) is 9.63. The maximum atomic E-state index is 12.1. The summed E-state index contributed by atoms with van der Waals surface area (Å²) in [5.74, 6) is -0.183. The quantitative estimate of drug-likeness (QED) is 0.744. The number of hydrogen-bond acceptors (Lipinski definition) is 3. The predicted octanol–water partition coefficient (Wildman–Crippen LogP) is 2.00. The number of aliphatic hydroxyl groups is 1. The number of carbonyl (C=O) groups is 1. The van der Waals surface area contributed by atoms with Gasteiger partial charge in [0, 0.05) is 12.2 Å². The zero-order chi connectivity index (χ0) is 14.5. The number of amides is 1. The van der Waals surface area contributed by atoms with Crippen molar-refractivity contribution in [1.82, 2.24) is 5.32 Å². The highest BCUT2D eigenvalue weighted by molar-refractivity contribution is 5.99. The third-order valence-corrected chi connectivity index (χ3v) is 3.23. The highest BCUT2D eigenvalue weighted by Crippen LogP contribution is 2.16. The Bertz CT molecular complexity index is 606. The molecule has 4 N–H and O–H groups in total. The molecule has 1 amide bonds. The molecule has 2 rings (SSSR count). The normalized spacial score (nSPS) is 10.3. The summed E-state index contributed by atoms with van der Waals surface area (Å²) in [5, 5.41) is 11.8. The molecule has 0 heterocycles. The van der Waals surface area contributed by atoms with Gasteiger partial charge in [0.05, 0.1) is 12.2 Å². The van der Waals surface area contributed by atoms with E-state index >= 15 is 0 Å². The maximum absolute atomic E-state index is 12.1. The first kappa shape index (κ1) is 14.1. The second kappa shape index (κ2) is 6.21. The van der Waals surface area contributed by atoms with Crippen molar-refractivity contribution in [1.29, 1.82) is 0 Å². The van der Waals surface area contributed by atoms with Crippen LogP contribution >= 0.6 is 0 Å². The first-order chi connectivity index (χ1) is 9.61. The molecule has 104 valence electrons. The summed E-state index contributed by atoms with van der Waals surface area (Å²) in [6.45, 7) is 2.32. The van der Waals surface area contributed by atoms with Crippen molar-refractivity contribution >= 4 is 11.6 Å². The Labute approximate surface area is 118 Å². The molecule has 0 aliphatic heterocycles. The van der Waals surface area contributed by atoms with E-state index in [0.29, 0.717) is 17.8 Å². The summed E-state index contributed by atoms with van der Waals surface area (Å²) in [6, 6.07) is 12.8. The van der Waals surface area contributed by atoms with Crippen LogP contribution in [0.4, 0.5) is 5.69 Å². The lowest BCUT2D eigenvalue weighted by molar-refractivity contribution is 0.0951. The van der Waals surface area contributed by atoms with Crippen LogP contribution in [0.3, 0.4) is 0 Å². The van der Waals surface area contributed by atoms with E-state index in [1.165, 1.54) is 0 Å². The fourth-order valence-corrected chi connectivity index (χ4v) is 1.92. The lowest BCUT2D eigenvalue weighted by atomic mass is 10.1. The van der Waals surface area contributed by atoms with Crippen LogP contribution in [0.5, 0.6) is 0 Å². The fraction of sp³-hybridized carbons (Fsp3) is 0.188. The average molecular weight is 270 g/mol. The first-order valence-electron chi connectivity index (χ1n) is 6.44. The van der Waals surface area contributed by atoms with E-state index < -0.39 is 0 Å². The van der Waals surface area contributed by atoms with Gasteiger partial charge >= 0.3 is 0 Å². The van der Waals surface area contributed by atoms with Gasteiger partial charge in [0.25, 0.3) is 5.91 Å². The molecule has 20 heavy (non-hydrogen) atoms.